The van der Waals surface area contributed by atoms with Crippen molar-refractivity contribution in [3.8, 4) is 11.5 Å². The molecule has 0 aliphatic carbocycles. The number of cyclic esters (lactones) is 4. The average molecular weight is 1520 g/mol. The van der Waals surface area contributed by atoms with Gasteiger partial charge in [0.15, 0.2) is 30.5 Å². The zero-order valence-electron chi connectivity index (χ0n) is 54.9. The van der Waals surface area contributed by atoms with Crippen LogP contribution in [0.3, 0.4) is 0 Å². The molecular formula is C68H78F10O27. The van der Waals surface area contributed by atoms with Gasteiger partial charge >= 0.3 is 60.4 Å². The third-order valence-corrected chi connectivity index (χ3v) is 12.7. The quantitative estimate of drug-likeness (QED) is 0.0153. The molecule has 0 radical (unpaired) electrons. The number of aliphatic hydroxyl groups is 3. The summed E-state index contributed by atoms with van der Waals surface area (Å²) in [4.78, 5) is 114. The van der Waals surface area contributed by atoms with Crippen LogP contribution in [-0.4, -0.2) is 152 Å². The first kappa shape index (κ1) is 94.2. The van der Waals surface area contributed by atoms with Crippen LogP contribution in [0, 0.1) is 69.0 Å². The van der Waals surface area contributed by atoms with Crippen molar-refractivity contribution in [1.29, 1.82) is 0 Å². The summed E-state index contributed by atoms with van der Waals surface area (Å²) in [6.07, 6.45) is -12.7. The zero-order valence-corrected chi connectivity index (χ0v) is 54.9. The maximum Gasteiger partial charge on any atom is 0.514 e. The van der Waals surface area contributed by atoms with Gasteiger partial charge in [0.2, 0.25) is 69.7 Å². The predicted octanol–water partition coefficient (Wildman–Crippen LogP) is 11.2. The summed E-state index contributed by atoms with van der Waals surface area (Å²) in [5, 5.41) is 27.1. The molecule has 7 rings (SSSR count). The van der Waals surface area contributed by atoms with Crippen LogP contribution in [0.2, 0.25) is 0 Å². The summed E-state index contributed by atoms with van der Waals surface area (Å²) in [5.74, 6) is -31.7. The van der Waals surface area contributed by atoms with Crippen LogP contribution in [0.25, 0.3) is 0 Å². The fourth-order valence-electron chi connectivity index (χ4n) is 6.82. The van der Waals surface area contributed by atoms with E-state index in [0.717, 1.165) is 18.1 Å². The molecule has 2 aliphatic heterocycles. The van der Waals surface area contributed by atoms with Gasteiger partial charge in [-0.2, -0.15) is 17.6 Å². The normalized spacial score (nSPS) is 15.3. The summed E-state index contributed by atoms with van der Waals surface area (Å²) < 4.78 is 197. The maximum atomic E-state index is 13.7. The second-order valence-corrected chi connectivity index (χ2v) is 21.8. The Morgan fingerprint density at radius 3 is 1.14 bits per heavy atom. The molecule has 7 atom stereocenters. The molecule has 2 heterocycles. The van der Waals surface area contributed by atoms with Gasteiger partial charge in [0, 0.05) is 0 Å². The highest BCUT2D eigenvalue weighted by atomic mass is 19.2. The summed E-state index contributed by atoms with van der Waals surface area (Å²) >= 11 is 0. The fraction of sp³-hybridized carbons (Fsp3) is 0.412. The van der Waals surface area contributed by atoms with E-state index in [0.29, 0.717) is 5.56 Å². The van der Waals surface area contributed by atoms with E-state index in [1.807, 2.05) is 60.7 Å². The molecule has 582 valence electrons. The Hall–Kier alpha value is -10.8. The fourth-order valence-corrected chi connectivity index (χ4v) is 6.82. The Bertz CT molecular complexity index is 3600. The number of benzene rings is 5. The number of esters is 6. The van der Waals surface area contributed by atoms with Crippen molar-refractivity contribution < 1.29 is 173 Å². The Labute approximate surface area is 594 Å². The van der Waals surface area contributed by atoms with Gasteiger partial charge in [-0.25, -0.2) is 74.3 Å². The van der Waals surface area contributed by atoms with Crippen LogP contribution in [0.15, 0.2) is 91.0 Å². The van der Waals surface area contributed by atoms with Gasteiger partial charge in [0.25, 0.3) is 0 Å². The average Bonchev–Trinajstić information content (AvgIpc) is 0.800. The van der Waals surface area contributed by atoms with Crippen LogP contribution in [0.1, 0.15) is 94.4 Å². The lowest BCUT2D eigenvalue weighted by Crippen LogP contribution is -2.41. The van der Waals surface area contributed by atoms with E-state index in [1.165, 1.54) is 48.5 Å². The van der Waals surface area contributed by atoms with Gasteiger partial charge in [-0.05, 0) is 65.2 Å². The molecule has 0 spiro atoms. The maximum absolute atomic E-state index is 13.7. The molecule has 27 nitrogen and oxygen atoms in total. The lowest BCUT2D eigenvalue weighted by Gasteiger charge is -2.31. The van der Waals surface area contributed by atoms with Crippen molar-refractivity contribution in [2.75, 3.05) is 39.6 Å². The molecule has 0 amide bonds. The first-order valence-corrected chi connectivity index (χ1v) is 29.4. The second-order valence-electron chi connectivity index (χ2n) is 21.8. The minimum absolute atomic E-state index is 0. The number of carbonyl (C=O) groups is 10. The van der Waals surface area contributed by atoms with Gasteiger partial charge < -0.3 is 81.6 Å². The third-order valence-electron chi connectivity index (χ3n) is 12.7. The molecule has 105 heavy (non-hydrogen) atoms. The predicted molar refractivity (Wildman–Crippen MR) is 338 cm³/mol. The molecule has 2 saturated heterocycles. The van der Waals surface area contributed by atoms with E-state index in [9.17, 15) is 97.0 Å². The van der Waals surface area contributed by atoms with E-state index < -0.39 is 204 Å². The number of hydrogen-bond acceptors (Lipinski definition) is 27. The lowest BCUT2D eigenvalue weighted by molar-refractivity contribution is -0.191. The summed E-state index contributed by atoms with van der Waals surface area (Å²) in [6.45, 7) is 7.64. The highest BCUT2D eigenvalue weighted by Crippen LogP contribution is 2.32. The zero-order chi connectivity index (χ0) is 76.8. The monoisotopic (exact) mass is 1520 g/mol. The van der Waals surface area contributed by atoms with Gasteiger partial charge in [0.05, 0.1) is 24.0 Å². The van der Waals surface area contributed by atoms with Crippen molar-refractivity contribution in [3.05, 3.63) is 166 Å². The number of halogens is 10. The first-order valence-electron chi connectivity index (χ1n) is 29.4. The minimum Gasteiger partial charge on any atom is -0.458 e. The largest absolute Gasteiger partial charge is 0.514 e. The SMILES string of the molecule is C.C.C.CC(O)C(=O)OC(C)C(=O)OCc1ccccc1.CC(OC(=O)OCC(C)(CO)COC(=O)Oc1c(F)c(F)c(F)c(F)c1F)C(=O)OC(C)C(=O)OCc1ccccc1.CC1(COC(=O)Oc2c(F)c(F)c(F)c(F)c2F)COC(=O)OC1.C[C@H]1OC(=O)[C@@H](C)OC1=O.OCc1ccccc1. The highest BCUT2D eigenvalue weighted by molar-refractivity contribution is 5.87. The molecule has 2 aliphatic rings. The van der Waals surface area contributed by atoms with Crippen LogP contribution in [-0.2, 0) is 105 Å². The van der Waals surface area contributed by atoms with Gasteiger partial charge in [-0.15, -0.1) is 0 Å². The Morgan fingerprint density at radius 2 is 0.800 bits per heavy atom. The summed E-state index contributed by atoms with van der Waals surface area (Å²) in [7, 11) is 0. The molecule has 0 saturated carbocycles. The Morgan fingerprint density at radius 1 is 0.476 bits per heavy atom. The van der Waals surface area contributed by atoms with Crippen molar-refractivity contribution in [3.63, 3.8) is 0 Å². The number of aliphatic hydroxyl groups excluding tert-OH is 3. The first-order chi connectivity index (χ1) is 47.9. The van der Waals surface area contributed by atoms with Gasteiger partial charge in [-0.3, -0.25) is 0 Å². The molecule has 37 heteroatoms. The Kier molecular flexibility index (Phi) is 40.6. The molecule has 5 unspecified atom stereocenters. The summed E-state index contributed by atoms with van der Waals surface area (Å²) in [6, 6.07) is 27.4. The van der Waals surface area contributed by atoms with E-state index in [1.54, 1.807) is 30.3 Å². The second kappa shape index (κ2) is 45.3. The summed E-state index contributed by atoms with van der Waals surface area (Å²) in [5.41, 5.74) is -0.0479. The standard InChI is InChI=1S/C26H25F5O11.C13H9F5O6.C13H16O5.C7H8O.C6H8O4.3CH4/c1-13(22(33)37-9-15-7-5-4-6-8-15)40-23(34)14(2)41-24(35)38-11-26(3,10-32)12-39-25(36)42-21-19(30)17(28)16(27)18(29)20(21)31;1-13(2-21-11(19)22-3-13)4-23-12(20)24-10-8(17)6(15)5(14)7(16)9(10)18;1-9(14)12(15)18-10(2)13(16)17-8-11-6-4-3-5-7-11;8-6-7-4-2-1-3-5-7;1-3-5(7)10-4(2)6(8)9-3;;;/h4-8,13-14,32H,9-12H2,1-3H3;2-4H2,1H3;3-7,9-10,14H,8H2,1-2H3;1-5,8H,6H2;3-4H,1-2H3;3*1H4/t;;;;3-,4-;;;/m....1.../s1. The van der Waals surface area contributed by atoms with Crippen molar-refractivity contribution in [1.82, 2.24) is 0 Å². The van der Waals surface area contributed by atoms with E-state index in [2.05, 4.69) is 37.9 Å². The third kappa shape index (κ3) is 31.0. The molecular weight excluding hydrogens is 1440 g/mol. The molecule has 3 N–H and O–H groups in total. The van der Waals surface area contributed by atoms with Crippen molar-refractivity contribution in [2.45, 2.75) is 134 Å². The van der Waals surface area contributed by atoms with Crippen LogP contribution >= 0.6 is 0 Å². The van der Waals surface area contributed by atoms with Crippen molar-refractivity contribution in [2.24, 2.45) is 10.8 Å². The highest BCUT2D eigenvalue weighted by Gasteiger charge is 2.38. The number of carbonyl (C=O) groups excluding carboxylic acids is 10. The lowest BCUT2D eigenvalue weighted by atomic mass is 9.94. The van der Waals surface area contributed by atoms with Gasteiger partial charge in [-0.1, -0.05) is 120 Å². The van der Waals surface area contributed by atoms with E-state index >= 15 is 0 Å². The molecule has 0 bridgehead atoms. The van der Waals surface area contributed by atoms with E-state index in [4.69, 9.17) is 38.6 Å². The molecule has 2 fully saturated rings. The molecule has 0 aromatic heterocycles. The van der Waals surface area contributed by atoms with Crippen LogP contribution in [0.4, 0.5) is 63.1 Å². The Balaban J connectivity index is 0.00000144. The molecule has 5 aromatic rings. The van der Waals surface area contributed by atoms with E-state index in [-0.39, 0.29) is 55.3 Å². The number of hydrogen-bond donors (Lipinski definition) is 3. The van der Waals surface area contributed by atoms with Crippen LogP contribution < -0.4 is 9.47 Å². The molecule has 5 aromatic carbocycles. The number of rotatable bonds is 21. The van der Waals surface area contributed by atoms with Crippen LogP contribution in [0.5, 0.6) is 11.5 Å². The minimum atomic E-state index is -2.47. The number of ether oxygens (including phenoxy) is 14. The van der Waals surface area contributed by atoms with Gasteiger partial charge in [0.1, 0.15) is 52.4 Å². The topological polar surface area (TPSA) is 361 Å². The van der Waals surface area contributed by atoms with Crippen molar-refractivity contribution >= 4 is 60.4 Å². The smallest absolute Gasteiger partial charge is 0.458 e.